The van der Waals surface area contributed by atoms with Gasteiger partial charge in [-0.05, 0) is 35.9 Å². The zero-order valence-corrected chi connectivity index (χ0v) is 15.7. The molecule has 0 saturated carbocycles. The monoisotopic (exact) mass is 380 g/mol. The van der Waals surface area contributed by atoms with Gasteiger partial charge in [0.15, 0.2) is 0 Å². The van der Waals surface area contributed by atoms with Gasteiger partial charge in [-0.15, -0.1) is 0 Å². The van der Waals surface area contributed by atoms with Crippen molar-refractivity contribution in [3.8, 4) is 0 Å². The van der Waals surface area contributed by atoms with E-state index in [4.69, 9.17) is 0 Å². The largest absolute Gasteiger partial charge is 0.355 e. The zero-order valence-electron chi connectivity index (χ0n) is 14.9. The number of benzene rings is 3. The van der Waals surface area contributed by atoms with Crippen LogP contribution in [0.5, 0.6) is 0 Å². The summed E-state index contributed by atoms with van der Waals surface area (Å²) in [5.41, 5.74) is 1.68. The van der Waals surface area contributed by atoms with Crippen molar-refractivity contribution in [1.82, 2.24) is 5.32 Å². The number of carbonyl (C=O) groups is 1. The molecular formula is C21H20N2O3S. The molecule has 0 bridgehead atoms. The normalized spacial score (nSPS) is 11.0. The molecule has 0 unspecified atom stereocenters. The Morgan fingerprint density at radius 1 is 0.889 bits per heavy atom. The van der Waals surface area contributed by atoms with Gasteiger partial charge in [0.25, 0.3) is 15.9 Å². The molecule has 6 heteroatoms. The molecule has 5 nitrogen and oxygen atoms in total. The van der Waals surface area contributed by atoms with Crippen LogP contribution in [0.3, 0.4) is 0 Å². The average molecular weight is 380 g/mol. The van der Waals surface area contributed by atoms with E-state index in [-0.39, 0.29) is 17.3 Å². The van der Waals surface area contributed by atoms with Crippen LogP contribution in [0.25, 0.3) is 0 Å². The Bertz CT molecular complexity index is 1020. The van der Waals surface area contributed by atoms with Gasteiger partial charge in [0.2, 0.25) is 0 Å². The van der Waals surface area contributed by atoms with Gasteiger partial charge in [0.1, 0.15) is 0 Å². The molecule has 0 heterocycles. The number of amides is 1. The number of nitrogens with zero attached hydrogens (tertiary/aromatic N) is 1. The average Bonchev–Trinajstić information content (AvgIpc) is 2.72. The topological polar surface area (TPSA) is 66.5 Å². The summed E-state index contributed by atoms with van der Waals surface area (Å²) in [5.74, 6) is -0.270. The second-order valence-corrected chi connectivity index (χ2v) is 7.80. The number of nitrogens with one attached hydrogen (secondary N) is 1. The highest BCUT2D eigenvalue weighted by atomic mass is 32.2. The van der Waals surface area contributed by atoms with Crippen molar-refractivity contribution in [3.63, 3.8) is 0 Å². The smallest absolute Gasteiger partial charge is 0.264 e. The highest BCUT2D eigenvalue weighted by molar-refractivity contribution is 7.92. The molecule has 0 spiro atoms. The third-order valence-corrected chi connectivity index (χ3v) is 5.91. The van der Waals surface area contributed by atoms with Gasteiger partial charge in [-0.2, -0.15) is 0 Å². The van der Waals surface area contributed by atoms with Crippen LogP contribution in [0.1, 0.15) is 15.9 Å². The van der Waals surface area contributed by atoms with E-state index in [0.29, 0.717) is 11.3 Å². The van der Waals surface area contributed by atoms with Gasteiger partial charge < -0.3 is 5.32 Å². The van der Waals surface area contributed by atoms with Gasteiger partial charge in [0, 0.05) is 12.6 Å². The first-order valence-electron chi connectivity index (χ1n) is 8.46. The standard InChI is InChI=1S/C21H20N2O3S/c1-22-21(24)18-11-8-12-19(15-18)23(16-17-9-4-2-5-10-17)27(25,26)20-13-6-3-7-14-20/h2-15H,16H2,1H3,(H,22,24). The first-order valence-corrected chi connectivity index (χ1v) is 9.90. The molecule has 1 amide bonds. The zero-order chi connectivity index (χ0) is 19.3. The van der Waals surface area contributed by atoms with Gasteiger partial charge in [-0.25, -0.2) is 8.42 Å². The molecule has 138 valence electrons. The summed E-state index contributed by atoms with van der Waals surface area (Å²) in [4.78, 5) is 12.2. The fourth-order valence-electron chi connectivity index (χ4n) is 2.73. The summed E-state index contributed by atoms with van der Waals surface area (Å²) in [6.45, 7) is 0.162. The lowest BCUT2D eigenvalue weighted by Gasteiger charge is -2.25. The van der Waals surface area contributed by atoms with Crippen LogP contribution in [-0.2, 0) is 16.6 Å². The third-order valence-electron chi connectivity index (χ3n) is 4.12. The molecule has 3 rings (SSSR count). The summed E-state index contributed by atoms with van der Waals surface area (Å²) in [6, 6.07) is 24.2. The molecule has 0 aliphatic rings. The molecule has 27 heavy (non-hydrogen) atoms. The molecule has 0 fully saturated rings. The van der Waals surface area contributed by atoms with Crippen molar-refractivity contribution in [1.29, 1.82) is 0 Å². The van der Waals surface area contributed by atoms with Crippen LogP contribution >= 0.6 is 0 Å². The highest BCUT2D eigenvalue weighted by Crippen LogP contribution is 2.26. The van der Waals surface area contributed by atoms with Crippen LogP contribution in [-0.4, -0.2) is 21.4 Å². The van der Waals surface area contributed by atoms with Crippen LogP contribution in [0, 0.1) is 0 Å². The highest BCUT2D eigenvalue weighted by Gasteiger charge is 2.25. The molecule has 1 N–H and O–H groups in total. The van der Waals surface area contributed by atoms with Crippen LogP contribution in [0.15, 0.2) is 89.8 Å². The van der Waals surface area contributed by atoms with Crippen molar-refractivity contribution >= 4 is 21.6 Å². The molecule has 0 radical (unpaired) electrons. The van der Waals surface area contributed by atoms with Gasteiger partial charge in [0.05, 0.1) is 17.1 Å². The van der Waals surface area contributed by atoms with E-state index >= 15 is 0 Å². The van der Waals surface area contributed by atoms with Gasteiger partial charge in [-0.3, -0.25) is 9.10 Å². The quantitative estimate of drug-likeness (QED) is 0.712. The lowest BCUT2D eigenvalue weighted by molar-refractivity contribution is 0.0963. The van der Waals surface area contributed by atoms with E-state index in [2.05, 4.69) is 5.32 Å². The Hall–Kier alpha value is -3.12. The van der Waals surface area contributed by atoms with E-state index in [1.165, 1.54) is 11.4 Å². The SMILES string of the molecule is CNC(=O)c1cccc(N(Cc2ccccc2)S(=O)(=O)c2ccccc2)c1. The van der Waals surface area contributed by atoms with Crippen molar-refractivity contribution in [2.75, 3.05) is 11.4 Å². The first-order chi connectivity index (χ1) is 13.0. The van der Waals surface area contributed by atoms with E-state index in [1.54, 1.807) is 54.6 Å². The lowest BCUT2D eigenvalue weighted by Crippen LogP contribution is -2.31. The number of hydrogen-bond donors (Lipinski definition) is 1. The van der Waals surface area contributed by atoms with Crippen molar-refractivity contribution in [3.05, 3.63) is 96.1 Å². The molecular weight excluding hydrogens is 360 g/mol. The number of hydrogen-bond acceptors (Lipinski definition) is 3. The minimum absolute atomic E-state index is 0.162. The van der Waals surface area contributed by atoms with Gasteiger partial charge in [-0.1, -0.05) is 54.6 Å². The van der Waals surface area contributed by atoms with Crippen LogP contribution < -0.4 is 9.62 Å². The second kappa shape index (κ2) is 8.05. The second-order valence-electron chi connectivity index (χ2n) is 5.94. The third kappa shape index (κ3) is 4.17. The van der Waals surface area contributed by atoms with Crippen molar-refractivity contribution in [2.45, 2.75) is 11.4 Å². The van der Waals surface area contributed by atoms with Crippen LogP contribution in [0.4, 0.5) is 5.69 Å². The fourth-order valence-corrected chi connectivity index (χ4v) is 4.20. The number of sulfonamides is 1. The maximum Gasteiger partial charge on any atom is 0.264 e. The minimum Gasteiger partial charge on any atom is -0.355 e. The Labute approximate surface area is 159 Å². The molecule has 0 aromatic heterocycles. The Kier molecular flexibility index (Phi) is 5.57. The molecule has 3 aromatic carbocycles. The first kappa shape index (κ1) is 18.7. The maximum atomic E-state index is 13.3. The molecule has 0 saturated heterocycles. The van der Waals surface area contributed by atoms with E-state index < -0.39 is 10.0 Å². The summed E-state index contributed by atoms with van der Waals surface area (Å²) in [5, 5.41) is 2.56. The molecule has 0 aliphatic heterocycles. The van der Waals surface area contributed by atoms with E-state index in [1.807, 2.05) is 30.3 Å². The summed E-state index contributed by atoms with van der Waals surface area (Å²) in [6.07, 6.45) is 0. The number of carbonyl (C=O) groups excluding carboxylic acids is 1. The van der Waals surface area contributed by atoms with Gasteiger partial charge >= 0.3 is 0 Å². The number of anilines is 1. The molecule has 3 aromatic rings. The molecule has 0 aliphatic carbocycles. The Morgan fingerprint density at radius 2 is 1.52 bits per heavy atom. The van der Waals surface area contributed by atoms with Crippen molar-refractivity contribution in [2.24, 2.45) is 0 Å². The fraction of sp³-hybridized carbons (Fsp3) is 0.0952. The maximum absolute atomic E-state index is 13.3. The summed E-state index contributed by atoms with van der Waals surface area (Å²) < 4.78 is 27.9. The van der Waals surface area contributed by atoms with Crippen LogP contribution in [0.2, 0.25) is 0 Å². The van der Waals surface area contributed by atoms with E-state index in [0.717, 1.165) is 5.56 Å². The lowest BCUT2D eigenvalue weighted by atomic mass is 10.1. The minimum atomic E-state index is -3.80. The van der Waals surface area contributed by atoms with E-state index in [9.17, 15) is 13.2 Å². The van der Waals surface area contributed by atoms with Crippen molar-refractivity contribution < 1.29 is 13.2 Å². The summed E-state index contributed by atoms with van der Waals surface area (Å²) in [7, 11) is -2.26. The molecule has 0 atom stereocenters. The number of rotatable bonds is 6. The Morgan fingerprint density at radius 3 is 2.15 bits per heavy atom. The summed E-state index contributed by atoms with van der Waals surface area (Å²) >= 11 is 0. The Balaban J connectivity index is 2.09. The predicted molar refractivity (Wildman–Crippen MR) is 106 cm³/mol. The predicted octanol–water partition coefficient (Wildman–Crippen LogP) is 3.44.